The quantitative estimate of drug-likeness (QED) is 0.299. The van der Waals surface area contributed by atoms with Crippen LogP contribution >= 0.6 is 0 Å². The predicted molar refractivity (Wildman–Crippen MR) is 101 cm³/mol. The highest BCUT2D eigenvalue weighted by molar-refractivity contribution is 6.09. The second-order valence-electron chi connectivity index (χ2n) is 5.98. The van der Waals surface area contributed by atoms with E-state index in [0.29, 0.717) is 12.3 Å². The Morgan fingerprint density at radius 2 is 1.92 bits per heavy atom. The van der Waals surface area contributed by atoms with Crippen molar-refractivity contribution < 1.29 is 14.3 Å². The maximum absolute atomic E-state index is 12.4. The number of esters is 1. The van der Waals surface area contributed by atoms with Gasteiger partial charge in [0.05, 0.1) is 17.9 Å². The molecule has 0 aliphatic rings. The van der Waals surface area contributed by atoms with Crippen molar-refractivity contribution in [3.63, 3.8) is 0 Å². The first-order valence-corrected chi connectivity index (χ1v) is 8.93. The van der Waals surface area contributed by atoms with Gasteiger partial charge in [-0.15, -0.1) is 0 Å². The monoisotopic (exact) mass is 357 g/mol. The highest BCUT2D eigenvalue weighted by Crippen LogP contribution is 2.17. The zero-order chi connectivity index (χ0) is 19.4. The topological polar surface area (TPSA) is 82.4 Å². The Morgan fingerprint density at radius 1 is 1.23 bits per heavy atom. The molecule has 1 aromatic carbocycles. The lowest BCUT2D eigenvalue weighted by Crippen LogP contribution is -2.20. The third kappa shape index (κ3) is 6.98. The van der Waals surface area contributed by atoms with Crippen LogP contribution in [0.1, 0.15) is 49.9 Å². The minimum absolute atomic E-state index is 0.0160. The highest BCUT2D eigenvalue weighted by atomic mass is 16.5. The van der Waals surface area contributed by atoms with Crippen LogP contribution in [0, 0.1) is 11.3 Å². The molecule has 0 heterocycles. The first-order valence-electron chi connectivity index (χ1n) is 8.93. The second kappa shape index (κ2) is 11.7. The van der Waals surface area contributed by atoms with Crippen molar-refractivity contribution >= 4 is 17.6 Å². The molecule has 0 aliphatic carbocycles. The number of carbonyl (C=O) groups is 2. The third-order valence-corrected chi connectivity index (χ3v) is 3.71. The van der Waals surface area contributed by atoms with Gasteiger partial charge < -0.3 is 15.0 Å². The van der Waals surface area contributed by atoms with Crippen molar-refractivity contribution in [2.24, 2.45) is 0 Å². The molecule has 0 bridgehead atoms. The molecular weight excluding hydrogens is 330 g/mol. The molecule has 0 saturated heterocycles. The van der Waals surface area contributed by atoms with Gasteiger partial charge in [0, 0.05) is 19.8 Å². The van der Waals surface area contributed by atoms with Crippen LogP contribution in [0.3, 0.4) is 0 Å². The molecular formula is C20H27N3O3. The first kappa shape index (κ1) is 21.2. The minimum Gasteiger partial charge on any atom is -0.462 e. The highest BCUT2D eigenvalue weighted by Gasteiger charge is 2.16. The summed E-state index contributed by atoms with van der Waals surface area (Å²) in [5.74, 6) is -1.04. The number of hydrogen-bond acceptors (Lipinski definition) is 5. The Hall–Kier alpha value is -2.81. The summed E-state index contributed by atoms with van der Waals surface area (Å²) >= 11 is 0. The van der Waals surface area contributed by atoms with Crippen LogP contribution in [0.5, 0.6) is 0 Å². The van der Waals surface area contributed by atoms with Crippen LogP contribution in [0.15, 0.2) is 36.0 Å². The molecule has 0 unspecified atom stereocenters. The lowest BCUT2D eigenvalue weighted by atomic mass is 10.1. The van der Waals surface area contributed by atoms with Crippen LogP contribution in [-0.2, 0) is 9.53 Å². The number of amides is 1. The van der Waals surface area contributed by atoms with Crippen LogP contribution in [-0.4, -0.2) is 37.0 Å². The fraction of sp³-hybridized carbons (Fsp3) is 0.450. The molecule has 1 amide bonds. The maximum atomic E-state index is 12.4. The lowest BCUT2D eigenvalue weighted by molar-refractivity contribution is -0.112. The number of nitrogens with zero attached hydrogens (tertiary/aromatic N) is 2. The summed E-state index contributed by atoms with van der Waals surface area (Å²) < 4.78 is 5.21. The number of hydrogen-bond donors (Lipinski definition) is 1. The molecule has 0 spiro atoms. The number of benzene rings is 1. The Morgan fingerprint density at radius 3 is 2.58 bits per heavy atom. The molecule has 0 fully saturated rings. The number of para-hydroxylation sites is 1. The van der Waals surface area contributed by atoms with Gasteiger partial charge in [-0.1, -0.05) is 38.8 Å². The van der Waals surface area contributed by atoms with Crippen molar-refractivity contribution in [2.45, 2.75) is 39.5 Å². The van der Waals surface area contributed by atoms with Crippen LogP contribution in [0.25, 0.3) is 0 Å². The van der Waals surface area contributed by atoms with Crippen molar-refractivity contribution in [3.8, 4) is 6.07 Å². The molecule has 6 nitrogen and oxygen atoms in total. The molecule has 1 rings (SSSR count). The fourth-order valence-corrected chi connectivity index (χ4v) is 2.18. The second-order valence-corrected chi connectivity index (χ2v) is 5.98. The number of nitrogens with one attached hydrogen (secondary N) is 1. The summed E-state index contributed by atoms with van der Waals surface area (Å²) in [6.07, 6.45) is 5.23. The van der Waals surface area contributed by atoms with Crippen molar-refractivity contribution in [1.29, 1.82) is 5.26 Å². The molecule has 0 aromatic heterocycles. The SMILES string of the molecule is CCCCOC(=O)c1ccccc1NC(=O)/C(C#N)=C\N(C)CCCC. The van der Waals surface area contributed by atoms with Crippen molar-refractivity contribution in [3.05, 3.63) is 41.6 Å². The van der Waals surface area contributed by atoms with Gasteiger partial charge >= 0.3 is 5.97 Å². The van der Waals surface area contributed by atoms with E-state index >= 15 is 0 Å². The van der Waals surface area contributed by atoms with E-state index < -0.39 is 11.9 Å². The summed E-state index contributed by atoms with van der Waals surface area (Å²) in [6, 6.07) is 8.53. The van der Waals surface area contributed by atoms with E-state index in [2.05, 4.69) is 12.2 Å². The van der Waals surface area contributed by atoms with E-state index in [4.69, 9.17) is 4.74 Å². The summed E-state index contributed by atoms with van der Waals surface area (Å²) in [4.78, 5) is 26.4. The molecule has 0 aliphatic heterocycles. The van der Waals surface area contributed by atoms with Gasteiger partial charge in [0.1, 0.15) is 11.6 Å². The molecule has 0 atom stereocenters. The molecule has 0 saturated carbocycles. The molecule has 0 radical (unpaired) electrons. The normalized spacial score (nSPS) is 10.8. The third-order valence-electron chi connectivity index (χ3n) is 3.71. The first-order chi connectivity index (χ1) is 12.5. The largest absolute Gasteiger partial charge is 0.462 e. The van der Waals surface area contributed by atoms with Gasteiger partial charge in [-0.05, 0) is 25.0 Å². The summed E-state index contributed by atoms with van der Waals surface area (Å²) in [6.45, 7) is 5.18. The number of nitriles is 1. The molecule has 6 heteroatoms. The maximum Gasteiger partial charge on any atom is 0.340 e. The number of ether oxygens (including phenoxy) is 1. The van der Waals surface area contributed by atoms with E-state index in [9.17, 15) is 14.9 Å². The Kier molecular flexibility index (Phi) is 9.55. The van der Waals surface area contributed by atoms with Crippen LogP contribution < -0.4 is 5.32 Å². The van der Waals surface area contributed by atoms with E-state index in [0.717, 1.165) is 32.2 Å². The van der Waals surface area contributed by atoms with E-state index in [1.165, 1.54) is 6.20 Å². The van der Waals surface area contributed by atoms with Gasteiger partial charge in [0.25, 0.3) is 5.91 Å². The minimum atomic E-state index is -0.551. The average molecular weight is 357 g/mol. The predicted octanol–water partition coefficient (Wildman–Crippen LogP) is 3.72. The van der Waals surface area contributed by atoms with E-state index in [1.807, 2.05) is 24.9 Å². The van der Waals surface area contributed by atoms with Gasteiger partial charge in [0.15, 0.2) is 0 Å². The summed E-state index contributed by atoms with van der Waals surface area (Å²) in [5.41, 5.74) is 0.586. The molecule has 1 aromatic rings. The summed E-state index contributed by atoms with van der Waals surface area (Å²) in [7, 11) is 1.82. The van der Waals surface area contributed by atoms with Crippen molar-refractivity contribution in [2.75, 3.05) is 25.5 Å². The number of carbonyl (C=O) groups excluding carboxylic acids is 2. The number of anilines is 1. The van der Waals surface area contributed by atoms with E-state index in [-0.39, 0.29) is 11.1 Å². The van der Waals surface area contributed by atoms with Crippen molar-refractivity contribution in [1.82, 2.24) is 4.90 Å². The zero-order valence-electron chi connectivity index (χ0n) is 15.7. The Balaban J connectivity index is 2.87. The summed E-state index contributed by atoms with van der Waals surface area (Å²) in [5, 5.41) is 11.9. The fourth-order valence-electron chi connectivity index (χ4n) is 2.18. The number of rotatable bonds is 10. The molecule has 1 N–H and O–H groups in total. The smallest absolute Gasteiger partial charge is 0.340 e. The zero-order valence-corrected chi connectivity index (χ0v) is 15.7. The Bertz CT molecular complexity index is 677. The molecule has 140 valence electrons. The standard InChI is InChI=1S/C20H27N3O3/c1-4-6-12-23(3)15-16(14-21)19(24)22-18-11-9-8-10-17(18)20(25)26-13-7-5-2/h8-11,15H,4-7,12-13H2,1-3H3,(H,22,24)/b16-15-. The lowest BCUT2D eigenvalue weighted by Gasteiger charge is -2.14. The van der Waals surface area contributed by atoms with Crippen LogP contribution in [0.2, 0.25) is 0 Å². The Labute approximate surface area is 155 Å². The van der Waals surface area contributed by atoms with Gasteiger partial charge in [-0.2, -0.15) is 5.26 Å². The van der Waals surface area contributed by atoms with Gasteiger partial charge in [0.2, 0.25) is 0 Å². The van der Waals surface area contributed by atoms with Crippen LogP contribution in [0.4, 0.5) is 5.69 Å². The van der Waals surface area contributed by atoms with Gasteiger partial charge in [-0.25, -0.2) is 4.79 Å². The number of unbranched alkanes of at least 4 members (excludes halogenated alkanes) is 2. The average Bonchev–Trinajstić information content (AvgIpc) is 2.64. The van der Waals surface area contributed by atoms with E-state index in [1.54, 1.807) is 24.3 Å². The molecule has 26 heavy (non-hydrogen) atoms. The van der Waals surface area contributed by atoms with Gasteiger partial charge in [-0.3, -0.25) is 4.79 Å².